The van der Waals surface area contributed by atoms with E-state index in [1.54, 1.807) is 47.9 Å². The maximum Gasteiger partial charge on any atom is 0.340 e. The number of thioether (sulfide) groups is 1. The van der Waals surface area contributed by atoms with Crippen LogP contribution in [0.1, 0.15) is 24.2 Å². The Labute approximate surface area is 151 Å². The fourth-order valence-electron chi connectivity index (χ4n) is 2.74. The molecule has 0 saturated carbocycles. The van der Waals surface area contributed by atoms with Gasteiger partial charge in [0, 0.05) is 16.7 Å². The van der Waals surface area contributed by atoms with Gasteiger partial charge in [0.1, 0.15) is 0 Å². The second-order valence-corrected chi connectivity index (χ2v) is 7.18. The molecule has 2 aromatic carbocycles. The van der Waals surface area contributed by atoms with Crippen molar-refractivity contribution in [3.8, 4) is 0 Å². The SMILES string of the molecule is CCOC(=O)c1ccccc1NC(=O)N1C[C@@H](C)Sc2ccccc21. The number of carbonyl (C=O) groups excluding carboxylic acids is 2. The summed E-state index contributed by atoms with van der Waals surface area (Å²) in [6.07, 6.45) is 0. The monoisotopic (exact) mass is 356 g/mol. The summed E-state index contributed by atoms with van der Waals surface area (Å²) < 4.78 is 5.06. The molecular weight excluding hydrogens is 336 g/mol. The summed E-state index contributed by atoms with van der Waals surface area (Å²) in [4.78, 5) is 27.7. The zero-order valence-electron chi connectivity index (χ0n) is 14.2. The Morgan fingerprint density at radius 1 is 1.20 bits per heavy atom. The van der Waals surface area contributed by atoms with Crippen molar-refractivity contribution < 1.29 is 14.3 Å². The molecule has 25 heavy (non-hydrogen) atoms. The summed E-state index contributed by atoms with van der Waals surface area (Å²) >= 11 is 1.76. The molecule has 2 amide bonds. The number of esters is 1. The zero-order valence-corrected chi connectivity index (χ0v) is 15.0. The van der Waals surface area contributed by atoms with Crippen LogP contribution in [0, 0.1) is 0 Å². The van der Waals surface area contributed by atoms with Gasteiger partial charge in [-0.1, -0.05) is 31.2 Å². The molecule has 1 N–H and O–H groups in total. The highest BCUT2D eigenvalue weighted by Crippen LogP contribution is 2.38. The molecule has 130 valence electrons. The minimum atomic E-state index is -0.443. The molecule has 3 rings (SSSR count). The Morgan fingerprint density at radius 2 is 1.92 bits per heavy atom. The molecule has 0 saturated heterocycles. The van der Waals surface area contributed by atoms with Crippen LogP contribution >= 0.6 is 11.8 Å². The van der Waals surface area contributed by atoms with Crippen LogP contribution in [0.25, 0.3) is 0 Å². The van der Waals surface area contributed by atoms with E-state index in [4.69, 9.17) is 4.74 Å². The lowest BCUT2D eigenvalue weighted by Gasteiger charge is -2.32. The number of hydrogen-bond acceptors (Lipinski definition) is 4. The lowest BCUT2D eigenvalue weighted by atomic mass is 10.2. The van der Waals surface area contributed by atoms with Crippen LogP contribution in [-0.4, -0.2) is 30.4 Å². The van der Waals surface area contributed by atoms with E-state index in [1.807, 2.05) is 24.3 Å². The predicted molar refractivity (Wildman–Crippen MR) is 101 cm³/mol. The highest BCUT2D eigenvalue weighted by Gasteiger charge is 2.27. The number of hydrogen-bond donors (Lipinski definition) is 1. The van der Waals surface area contributed by atoms with Crippen molar-refractivity contribution in [2.24, 2.45) is 0 Å². The number of carbonyl (C=O) groups is 2. The van der Waals surface area contributed by atoms with Crippen LogP contribution < -0.4 is 10.2 Å². The summed E-state index contributed by atoms with van der Waals surface area (Å²) in [5.41, 5.74) is 1.69. The third-order valence-electron chi connectivity index (χ3n) is 3.83. The van der Waals surface area contributed by atoms with E-state index >= 15 is 0 Å². The number of nitrogens with one attached hydrogen (secondary N) is 1. The van der Waals surface area contributed by atoms with Crippen molar-refractivity contribution in [3.05, 3.63) is 54.1 Å². The molecule has 0 aromatic heterocycles. The van der Waals surface area contributed by atoms with Crippen LogP contribution in [0.4, 0.5) is 16.2 Å². The van der Waals surface area contributed by atoms with Crippen molar-refractivity contribution >= 4 is 35.1 Å². The standard InChI is InChI=1S/C19H20N2O3S/c1-3-24-18(22)14-8-4-5-9-15(14)20-19(23)21-12-13(2)25-17-11-7-6-10-16(17)21/h4-11,13H,3,12H2,1-2H3,(H,20,23)/t13-/m1/s1. The van der Waals surface area contributed by atoms with Crippen LogP contribution in [0.2, 0.25) is 0 Å². The van der Waals surface area contributed by atoms with Gasteiger partial charge in [0.25, 0.3) is 0 Å². The first kappa shape index (κ1) is 17.4. The number of amides is 2. The molecule has 1 aliphatic heterocycles. The summed E-state index contributed by atoms with van der Waals surface area (Å²) in [7, 11) is 0. The normalized spacial score (nSPS) is 16.1. The quantitative estimate of drug-likeness (QED) is 0.829. The van der Waals surface area contributed by atoms with Crippen LogP contribution in [0.15, 0.2) is 53.4 Å². The molecule has 1 aliphatic rings. The summed E-state index contributed by atoms with van der Waals surface area (Å²) in [6, 6.07) is 14.5. The zero-order chi connectivity index (χ0) is 17.8. The van der Waals surface area contributed by atoms with Crippen molar-refractivity contribution in [1.82, 2.24) is 0 Å². The number of rotatable bonds is 3. The summed E-state index contributed by atoms with van der Waals surface area (Å²) in [5, 5.41) is 3.15. The first-order valence-electron chi connectivity index (χ1n) is 8.20. The highest BCUT2D eigenvalue weighted by molar-refractivity contribution is 8.00. The molecule has 2 aromatic rings. The summed E-state index contributed by atoms with van der Waals surface area (Å²) in [5.74, 6) is -0.443. The van der Waals surface area contributed by atoms with Gasteiger partial charge < -0.3 is 10.1 Å². The van der Waals surface area contributed by atoms with Crippen molar-refractivity contribution in [1.29, 1.82) is 0 Å². The average molecular weight is 356 g/mol. The van der Waals surface area contributed by atoms with E-state index in [2.05, 4.69) is 12.2 Å². The number of urea groups is 1. The molecular formula is C19H20N2O3S. The van der Waals surface area contributed by atoms with Gasteiger partial charge >= 0.3 is 12.0 Å². The number of benzene rings is 2. The first-order chi connectivity index (χ1) is 12.1. The van der Waals surface area contributed by atoms with Gasteiger partial charge in [0.15, 0.2) is 0 Å². The lowest BCUT2D eigenvalue weighted by Crippen LogP contribution is -2.41. The first-order valence-corrected chi connectivity index (χ1v) is 9.08. The molecule has 0 bridgehead atoms. The van der Waals surface area contributed by atoms with Crippen molar-refractivity contribution in [2.75, 3.05) is 23.4 Å². The van der Waals surface area contributed by atoms with Crippen molar-refractivity contribution in [2.45, 2.75) is 24.0 Å². The topological polar surface area (TPSA) is 58.6 Å². The maximum absolute atomic E-state index is 12.9. The van der Waals surface area contributed by atoms with E-state index in [0.717, 1.165) is 10.6 Å². The van der Waals surface area contributed by atoms with Gasteiger partial charge in [-0.15, -0.1) is 11.8 Å². The van der Waals surface area contributed by atoms with Gasteiger partial charge in [-0.25, -0.2) is 9.59 Å². The number of nitrogens with zero attached hydrogens (tertiary/aromatic N) is 1. The fraction of sp³-hybridized carbons (Fsp3) is 0.263. The molecule has 1 heterocycles. The molecule has 0 fully saturated rings. The van der Waals surface area contributed by atoms with Gasteiger partial charge in [-0.2, -0.15) is 0 Å². The van der Waals surface area contributed by atoms with Crippen molar-refractivity contribution in [3.63, 3.8) is 0 Å². The van der Waals surface area contributed by atoms with Gasteiger partial charge in [0.05, 0.1) is 23.5 Å². The molecule has 0 unspecified atom stereocenters. The smallest absolute Gasteiger partial charge is 0.340 e. The Hall–Kier alpha value is -2.47. The second kappa shape index (κ2) is 7.61. The Bertz CT molecular complexity index is 794. The van der Waals surface area contributed by atoms with Crippen LogP contribution in [0.5, 0.6) is 0 Å². The largest absolute Gasteiger partial charge is 0.462 e. The third kappa shape index (κ3) is 3.79. The molecule has 0 aliphatic carbocycles. The van der Waals surface area contributed by atoms with E-state index in [1.165, 1.54) is 0 Å². The predicted octanol–water partition coefficient (Wildman–Crippen LogP) is 4.40. The summed E-state index contributed by atoms with van der Waals surface area (Å²) in [6.45, 7) is 4.74. The molecule has 6 heteroatoms. The van der Waals surface area contributed by atoms with E-state index in [9.17, 15) is 9.59 Å². The molecule has 0 spiro atoms. The molecule has 5 nitrogen and oxygen atoms in total. The average Bonchev–Trinajstić information content (AvgIpc) is 2.61. The maximum atomic E-state index is 12.9. The number of para-hydroxylation sites is 2. The van der Waals surface area contributed by atoms with Crippen LogP contribution in [0.3, 0.4) is 0 Å². The third-order valence-corrected chi connectivity index (χ3v) is 4.98. The van der Waals surface area contributed by atoms with Gasteiger partial charge in [-0.05, 0) is 31.2 Å². The molecule has 1 atom stereocenters. The number of fused-ring (bicyclic) bond motifs is 1. The number of anilines is 2. The second-order valence-electron chi connectivity index (χ2n) is 5.70. The number of ether oxygens (including phenoxy) is 1. The Morgan fingerprint density at radius 3 is 2.72 bits per heavy atom. The van der Waals surface area contributed by atoms with Gasteiger partial charge in [-0.3, -0.25) is 4.90 Å². The van der Waals surface area contributed by atoms with E-state index < -0.39 is 5.97 Å². The van der Waals surface area contributed by atoms with Crippen LogP contribution in [-0.2, 0) is 4.74 Å². The van der Waals surface area contributed by atoms with E-state index in [0.29, 0.717) is 23.0 Å². The minimum absolute atomic E-state index is 0.253. The highest BCUT2D eigenvalue weighted by atomic mass is 32.2. The minimum Gasteiger partial charge on any atom is -0.462 e. The molecule has 0 radical (unpaired) electrons. The lowest BCUT2D eigenvalue weighted by molar-refractivity contribution is 0.0527. The Kier molecular flexibility index (Phi) is 5.28. The van der Waals surface area contributed by atoms with E-state index in [-0.39, 0.29) is 12.6 Å². The Balaban J connectivity index is 1.85. The fourth-order valence-corrected chi connectivity index (χ4v) is 3.86. The van der Waals surface area contributed by atoms with Gasteiger partial charge in [0.2, 0.25) is 0 Å².